The molecule has 0 saturated carbocycles. The van der Waals surface area contributed by atoms with Gasteiger partial charge in [0.2, 0.25) is 0 Å². The maximum atomic E-state index is 6.39. The molecule has 0 aliphatic heterocycles. The van der Waals surface area contributed by atoms with Gasteiger partial charge in [0.1, 0.15) is 16.8 Å². The minimum Gasteiger partial charge on any atom is -0.455 e. The largest absolute Gasteiger partial charge is 0.455 e. The number of hydrogen-bond donors (Lipinski definition) is 0. The lowest BCUT2D eigenvalue weighted by Crippen LogP contribution is -1.92. The molecule has 0 fully saturated rings. The smallest absolute Gasteiger partial charge is 0.145 e. The summed E-state index contributed by atoms with van der Waals surface area (Å²) in [5, 5.41) is 5.88. The van der Waals surface area contributed by atoms with Gasteiger partial charge in [-0.1, -0.05) is 91.0 Å². The van der Waals surface area contributed by atoms with Gasteiger partial charge in [-0.3, -0.25) is 4.40 Å². The second kappa shape index (κ2) is 7.30. The van der Waals surface area contributed by atoms with Gasteiger partial charge in [0.15, 0.2) is 0 Å². The lowest BCUT2D eigenvalue weighted by atomic mass is 9.92. The third-order valence-electron chi connectivity index (χ3n) is 7.29. The van der Waals surface area contributed by atoms with Gasteiger partial charge >= 0.3 is 0 Å². The van der Waals surface area contributed by atoms with E-state index in [0.717, 1.165) is 49.6 Å². The Hall–Kier alpha value is -4.89. The summed E-state index contributed by atoms with van der Waals surface area (Å²) in [4.78, 5) is 4.63. The van der Waals surface area contributed by atoms with Crippen molar-refractivity contribution in [3.05, 3.63) is 122 Å². The molecule has 0 aliphatic rings. The van der Waals surface area contributed by atoms with E-state index in [1.807, 2.05) is 24.5 Å². The molecule has 8 rings (SSSR count). The summed E-state index contributed by atoms with van der Waals surface area (Å²) in [5.41, 5.74) is 8.61. The van der Waals surface area contributed by atoms with Gasteiger partial charge in [-0.25, -0.2) is 4.98 Å². The molecule has 3 nitrogen and oxygen atoms in total. The van der Waals surface area contributed by atoms with Crippen molar-refractivity contribution in [3.8, 4) is 22.3 Å². The van der Waals surface area contributed by atoms with E-state index in [0.29, 0.717) is 0 Å². The van der Waals surface area contributed by atoms with E-state index in [9.17, 15) is 0 Å². The van der Waals surface area contributed by atoms with Crippen LogP contribution < -0.4 is 0 Å². The number of hydrogen-bond acceptors (Lipinski definition) is 2. The molecule has 8 aromatic rings. The first-order chi connectivity index (χ1) is 17.9. The lowest BCUT2D eigenvalue weighted by molar-refractivity contribution is 0.670. The van der Waals surface area contributed by atoms with Crippen LogP contribution >= 0.6 is 0 Å². The third-order valence-corrected chi connectivity index (χ3v) is 7.29. The average molecular weight is 461 g/mol. The predicted octanol–water partition coefficient (Wildman–Crippen LogP) is 8.87. The van der Waals surface area contributed by atoms with Gasteiger partial charge in [0.25, 0.3) is 0 Å². The van der Waals surface area contributed by atoms with Crippen LogP contribution in [0, 0.1) is 0 Å². The number of nitrogens with zero attached hydrogens (tertiary/aromatic N) is 2. The molecule has 0 radical (unpaired) electrons. The van der Waals surface area contributed by atoms with Crippen LogP contribution in [0.2, 0.25) is 0 Å². The van der Waals surface area contributed by atoms with Crippen molar-refractivity contribution < 1.29 is 4.42 Å². The Bertz CT molecular complexity index is 2110. The Morgan fingerprint density at radius 1 is 0.556 bits per heavy atom. The first kappa shape index (κ1) is 19.4. The van der Waals surface area contributed by atoms with Gasteiger partial charge in [0.05, 0.1) is 5.52 Å². The van der Waals surface area contributed by atoms with Crippen LogP contribution in [0.25, 0.3) is 71.5 Å². The highest BCUT2D eigenvalue weighted by Crippen LogP contribution is 2.41. The Kier molecular flexibility index (Phi) is 3.94. The second-order valence-corrected chi connectivity index (χ2v) is 9.22. The van der Waals surface area contributed by atoms with Crippen LogP contribution in [0.15, 0.2) is 126 Å². The Morgan fingerprint density at radius 2 is 1.28 bits per heavy atom. The number of aromatic nitrogens is 2. The summed E-state index contributed by atoms with van der Waals surface area (Å²) < 4.78 is 8.57. The summed E-state index contributed by atoms with van der Waals surface area (Å²) in [6, 6.07) is 38.6. The minimum absolute atomic E-state index is 0.916. The molecular weight excluding hydrogens is 440 g/mol. The van der Waals surface area contributed by atoms with E-state index in [1.54, 1.807) is 0 Å². The number of benzene rings is 5. The molecule has 0 amide bonds. The normalized spacial score (nSPS) is 11.9. The number of rotatable bonds is 2. The number of furan rings is 1. The van der Waals surface area contributed by atoms with Gasteiger partial charge in [0, 0.05) is 39.5 Å². The first-order valence-electron chi connectivity index (χ1n) is 12.1. The highest BCUT2D eigenvalue weighted by Gasteiger charge is 2.16. The van der Waals surface area contributed by atoms with E-state index in [-0.39, 0.29) is 0 Å². The van der Waals surface area contributed by atoms with Crippen molar-refractivity contribution in [2.24, 2.45) is 0 Å². The van der Waals surface area contributed by atoms with Crippen molar-refractivity contribution in [3.63, 3.8) is 0 Å². The molecule has 0 spiro atoms. The molecule has 168 valence electrons. The van der Waals surface area contributed by atoms with Gasteiger partial charge < -0.3 is 4.42 Å². The van der Waals surface area contributed by atoms with Crippen molar-refractivity contribution in [2.75, 3.05) is 0 Å². The molecule has 0 bridgehead atoms. The number of para-hydroxylation sites is 2. The maximum absolute atomic E-state index is 6.39. The van der Waals surface area contributed by atoms with Gasteiger partial charge in [-0.05, 0) is 40.3 Å². The molecule has 5 aromatic carbocycles. The summed E-state index contributed by atoms with van der Waals surface area (Å²) in [6.45, 7) is 0. The van der Waals surface area contributed by atoms with Crippen molar-refractivity contribution in [1.82, 2.24) is 9.38 Å². The van der Waals surface area contributed by atoms with Crippen LogP contribution in [0.4, 0.5) is 0 Å². The quantitative estimate of drug-likeness (QED) is 0.241. The Balaban J connectivity index is 1.42. The van der Waals surface area contributed by atoms with Crippen LogP contribution in [0.1, 0.15) is 0 Å². The van der Waals surface area contributed by atoms with E-state index in [1.165, 1.54) is 21.9 Å². The summed E-state index contributed by atoms with van der Waals surface area (Å²) in [7, 11) is 0. The SMILES string of the molecule is c1ccc(-c2cccc3c2oc2ccccc23)c(-c2ccc3c(c2)c2ccccc2c2nccn32)c1. The zero-order valence-electron chi connectivity index (χ0n) is 19.3. The average Bonchev–Trinajstić information content (AvgIpc) is 3.58. The minimum atomic E-state index is 0.916. The number of fused-ring (bicyclic) bond motifs is 9. The van der Waals surface area contributed by atoms with Crippen molar-refractivity contribution >= 4 is 49.3 Å². The molecular formula is C33H20N2O. The zero-order chi connectivity index (χ0) is 23.6. The fourth-order valence-electron chi connectivity index (χ4n) is 5.67. The predicted molar refractivity (Wildman–Crippen MR) is 148 cm³/mol. The zero-order valence-corrected chi connectivity index (χ0v) is 19.3. The standard InChI is InChI=1S/C33H20N2O/c1-2-9-23(26-13-7-14-27-25-11-5-6-15-31(25)36-32(26)27)22(8-1)21-16-17-30-29(20-21)24-10-3-4-12-28(24)33-34-18-19-35(30)33/h1-20H. The molecule has 3 heterocycles. The molecule has 0 saturated heterocycles. The van der Waals surface area contributed by atoms with Gasteiger partial charge in [-0.2, -0.15) is 0 Å². The summed E-state index contributed by atoms with van der Waals surface area (Å²) in [5.74, 6) is 0. The van der Waals surface area contributed by atoms with Gasteiger partial charge in [-0.15, -0.1) is 0 Å². The molecule has 3 heteroatoms. The van der Waals surface area contributed by atoms with Crippen LogP contribution in [-0.2, 0) is 0 Å². The van der Waals surface area contributed by atoms with E-state index < -0.39 is 0 Å². The monoisotopic (exact) mass is 460 g/mol. The fourth-order valence-corrected chi connectivity index (χ4v) is 5.67. The van der Waals surface area contributed by atoms with E-state index in [4.69, 9.17) is 4.42 Å². The van der Waals surface area contributed by atoms with E-state index in [2.05, 4.69) is 106 Å². The van der Waals surface area contributed by atoms with Crippen molar-refractivity contribution in [1.29, 1.82) is 0 Å². The lowest BCUT2D eigenvalue weighted by Gasteiger charge is -2.13. The highest BCUT2D eigenvalue weighted by atomic mass is 16.3. The Morgan fingerprint density at radius 3 is 2.19 bits per heavy atom. The Labute approximate surface area is 206 Å². The molecule has 36 heavy (non-hydrogen) atoms. The molecule has 0 aliphatic carbocycles. The molecule has 0 N–H and O–H groups in total. The number of pyridine rings is 1. The molecule has 3 aromatic heterocycles. The van der Waals surface area contributed by atoms with E-state index >= 15 is 0 Å². The third kappa shape index (κ3) is 2.65. The summed E-state index contributed by atoms with van der Waals surface area (Å²) in [6.07, 6.45) is 3.92. The first-order valence-corrected chi connectivity index (χ1v) is 12.1. The van der Waals surface area contributed by atoms with Crippen LogP contribution in [0.3, 0.4) is 0 Å². The number of imidazole rings is 1. The molecule has 0 atom stereocenters. The highest BCUT2D eigenvalue weighted by molar-refractivity contribution is 6.13. The van der Waals surface area contributed by atoms with Crippen LogP contribution in [-0.4, -0.2) is 9.38 Å². The topological polar surface area (TPSA) is 30.4 Å². The molecule has 0 unspecified atom stereocenters. The fraction of sp³-hybridized carbons (Fsp3) is 0. The van der Waals surface area contributed by atoms with Crippen molar-refractivity contribution in [2.45, 2.75) is 0 Å². The maximum Gasteiger partial charge on any atom is 0.145 e. The second-order valence-electron chi connectivity index (χ2n) is 9.22. The van der Waals surface area contributed by atoms with Crippen LogP contribution in [0.5, 0.6) is 0 Å². The summed E-state index contributed by atoms with van der Waals surface area (Å²) >= 11 is 0.